The maximum absolute atomic E-state index is 12.0. The van der Waals surface area contributed by atoms with Crippen LogP contribution in [0.4, 0.5) is 5.69 Å². The van der Waals surface area contributed by atoms with Gasteiger partial charge in [0.2, 0.25) is 5.91 Å². The van der Waals surface area contributed by atoms with Gasteiger partial charge in [0.1, 0.15) is 0 Å². The van der Waals surface area contributed by atoms with Gasteiger partial charge in [0.25, 0.3) is 0 Å². The molecule has 1 unspecified atom stereocenters. The Morgan fingerprint density at radius 3 is 2.76 bits per heavy atom. The normalized spacial score (nSPS) is 20.5. The summed E-state index contributed by atoms with van der Waals surface area (Å²) in [6.45, 7) is 1.78. The molecular weight excluding hydrogens is 216 g/mol. The molecule has 17 heavy (non-hydrogen) atoms. The number of aliphatic hydroxyl groups excluding tert-OH is 1. The lowest BCUT2D eigenvalue weighted by molar-refractivity contribution is -0.119. The Morgan fingerprint density at radius 2 is 2.18 bits per heavy atom. The van der Waals surface area contributed by atoms with E-state index in [1.807, 2.05) is 35.2 Å². The van der Waals surface area contributed by atoms with E-state index in [0.717, 1.165) is 18.7 Å². The molecule has 0 bridgehead atoms. The SMILES string of the molecule is CN(C(=O)CN1CCC(O)C1)c1ccccc1. The molecule has 1 aliphatic heterocycles. The minimum absolute atomic E-state index is 0.0605. The fourth-order valence-electron chi connectivity index (χ4n) is 2.05. The monoisotopic (exact) mass is 234 g/mol. The van der Waals surface area contributed by atoms with E-state index in [1.165, 1.54) is 0 Å². The van der Waals surface area contributed by atoms with E-state index in [-0.39, 0.29) is 12.0 Å². The van der Waals surface area contributed by atoms with Gasteiger partial charge in [-0.05, 0) is 18.6 Å². The van der Waals surface area contributed by atoms with Gasteiger partial charge in [-0.3, -0.25) is 9.69 Å². The number of nitrogens with zero attached hydrogens (tertiary/aromatic N) is 2. The second kappa shape index (κ2) is 5.29. The van der Waals surface area contributed by atoms with Crippen LogP contribution in [0.2, 0.25) is 0 Å². The molecule has 1 atom stereocenters. The number of rotatable bonds is 3. The zero-order chi connectivity index (χ0) is 12.3. The summed E-state index contributed by atoms with van der Waals surface area (Å²) >= 11 is 0. The molecule has 0 aliphatic carbocycles. The van der Waals surface area contributed by atoms with Crippen LogP contribution in [-0.2, 0) is 4.79 Å². The van der Waals surface area contributed by atoms with Gasteiger partial charge in [-0.25, -0.2) is 0 Å². The number of hydrogen-bond acceptors (Lipinski definition) is 3. The van der Waals surface area contributed by atoms with Crippen LogP contribution in [0.3, 0.4) is 0 Å². The summed E-state index contributed by atoms with van der Waals surface area (Å²) in [7, 11) is 1.78. The van der Waals surface area contributed by atoms with Crippen LogP contribution in [0, 0.1) is 0 Å². The minimum Gasteiger partial charge on any atom is -0.392 e. The number of hydrogen-bond donors (Lipinski definition) is 1. The molecule has 0 aromatic heterocycles. The smallest absolute Gasteiger partial charge is 0.240 e. The first-order valence-corrected chi connectivity index (χ1v) is 5.89. The Balaban J connectivity index is 1.92. The predicted molar refractivity (Wildman–Crippen MR) is 66.9 cm³/mol. The topological polar surface area (TPSA) is 43.8 Å². The van der Waals surface area contributed by atoms with Crippen LogP contribution in [-0.4, -0.2) is 48.7 Å². The van der Waals surface area contributed by atoms with Crippen molar-refractivity contribution in [2.75, 3.05) is 31.6 Å². The summed E-state index contributed by atoms with van der Waals surface area (Å²) in [5, 5.41) is 9.40. The third-order valence-corrected chi connectivity index (χ3v) is 3.12. The van der Waals surface area contributed by atoms with Crippen molar-refractivity contribution >= 4 is 11.6 Å². The van der Waals surface area contributed by atoms with Gasteiger partial charge in [0.05, 0.1) is 12.6 Å². The molecule has 0 saturated carbocycles. The molecule has 2 rings (SSSR count). The molecule has 4 nitrogen and oxygen atoms in total. The molecule has 1 amide bonds. The fraction of sp³-hybridized carbons (Fsp3) is 0.462. The number of carbonyl (C=O) groups excluding carboxylic acids is 1. The lowest BCUT2D eigenvalue weighted by atomic mass is 10.3. The average molecular weight is 234 g/mol. The van der Waals surface area contributed by atoms with Gasteiger partial charge in [0, 0.05) is 25.8 Å². The lowest BCUT2D eigenvalue weighted by Crippen LogP contribution is -2.37. The quantitative estimate of drug-likeness (QED) is 0.838. The minimum atomic E-state index is -0.273. The van der Waals surface area contributed by atoms with Gasteiger partial charge in [-0.2, -0.15) is 0 Å². The van der Waals surface area contributed by atoms with Crippen LogP contribution >= 0.6 is 0 Å². The summed E-state index contributed by atoms with van der Waals surface area (Å²) in [5.74, 6) is 0.0605. The summed E-state index contributed by atoms with van der Waals surface area (Å²) in [6, 6.07) is 9.59. The van der Waals surface area contributed by atoms with Crippen molar-refractivity contribution < 1.29 is 9.90 Å². The van der Waals surface area contributed by atoms with Crippen molar-refractivity contribution in [1.29, 1.82) is 0 Å². The third-order valence-electron chi connectivity index (χ3n) is 3.12. The highest BCUT2D eigenvalue weighted by Crippen LogP contribution is 2.13. The first-order valence-electron chi connectivity index (χ1n) is 5.89. The van der Waals surface area contributed by atoms with Crippen molar-refractivity contribution in [2.45, 2.75) is 12.5 Å². The standard InChI is InChI=1S/C13H18N2O2/c1-14(11-5-3-2-4-6-11)13(17)10-15-8-7-12(16)9-15/h2-6,12,16H,7-10H2,1H3. The lowest BCUT2D eigenvalue weighted by Gasteiger charge is -2.21. The molecular formula is C13H18N2O2. The fourth-order valence-corrected chi connectivity index (χ4v) is 2.05. The Bertz CT molecular complexity index is 380. The van der Waals surface area contributed by atoms with Crippen molar-refractivity contribution in [2.24, 2.45) is 0 Å². The van der Waals surface area contributed by atoms with E-state index in [2.05, 4.69) is 0 Å². The number of β-amino-alcohol motifs (C(OH)–C–C–N with tert-alkyl or cyclic N) is 1. The molecule has 0 radical (unpaired) electrons. The first-order chi connectivity index (χ1) is 8.16. The number of amides is 1. The largest absolute Gasteiger partial charge is 0.392 e. The van der Waals surface area contributed by atoms with Crippen LogP contribution < -0.4 is 4.90 Å². The van der Waals surface area contributed by atoms with Crippen LogP contribution in [0.1, 0.15) is 6.42 Å². The Kier molecular flexibility index (Phi) is 3.76. The first kappa shape index (κ1) is 12.1. The van der Waals surface area contributed by atoms with Gasteiger partial charge in [0.15, 0.2) is 0 Å². The van der Waals surface area contributed by atoms with E-state index >= 15 is 0 Å². The van der Waals surface area contributed by atoms with E-state index in [9.17, 15) is 9.90 Å². The van der Waals surface area contributed by atoms with Gasteiger partial charge in [-0.15, -0.1) is 0 Å². The molecule has 1 aromatic rings. The zero-order valence-electron chi connectivity index (χ0n) is 10.0. The van der Waals surface area contributed by atoms with Gasteiger partial charge < -0.3 is 10.0 Å². The van der Waals surface area contributed by atoms with Gasteiger partial charge >= 0.3 is 0 Å². The number of likely N-dealkylation sites (tertiary alicyclic amines) is 1. The van der Waals surface area contributed by atoms with E-state index < -0.39 is 0 Å². The number of benzene rings is 1. The molecule has 1 N–H and O–H groups in total. The molecule has 1 fully saturated rings. The Morgan fingerprint density at radius 1 is 1.47 bits per heavy atom. The number of anilines is 1. The van der Waals surface area contributed by atoms with Crippen LogP contribution in [0.15, 0.2) is 30.3 Å². The number of aliphatic hydroxyl groups is 1. The van der Waals surface area contributed by atoms with E-state index in [0.29, 0.717) is 13.1 Å². The van der Waals surface area contributed by atoms with E-state index in [1.54, 1.807) is 11.9 Å². The highest BCUT2D eigenvalue weighted by Gasteiger charge is 2.23. The molecule has 1 aromatic carbocycles. The molecule has 1 saturated heterocycles. The molecule has 1 aliphatic rings. The molecule has 1 heterocycles. The van der Waals surface area contributed by atoms with Crippen molar-refractivity contribution in [3.63, 3.8) is 0 Å². The Labute approximate surface area is 101 Å². The summed E-state index contributed by atoms with van der Waals surface area (Å²) in [5.41, 5.74) is 0.900. The second-order valence-corrected chi connectivity index (χ2v) is 4.47. The molecule has 92 valence electrons. The molecule has 4 heteroatoms. The number of carbonyl (C=O) groups is 1. The van der Waals surface area contributed by atoms with Crippen molar-refractivity contribution in [1.82, 2.24) is 4.90 Å². The Hall–Kier alpha value is -1.39. The summed E-state index contributed by atoms with van der Waals surface area (Å²) < 4.78 is 0. The summed E-state index contributed by atoms with van der Waals surface area (Å²) in [4.78, 5) is 15.7. The predicted octanol–water partition coefficient (Wildman–Crippen LogP) is 0.716. The summed E-state index contributed by atoms with van der Waals surface area (Å²) in [6.07, 6.45) is 0.493. The van der Waals surface area contributed by atoms with E-state index in [4.69, 9.17) is 0 Å². The molecule has 0 spiro atoms. The average Bonchev–Trinajstić information content (AvgIpc) is 2.75. The van der Waals surface area contributed by atoms with Crippen molar-refractivity contribution in [3.8, 4) is 0 Å². The van der Waals surface area contributed by atoms with Crippen LogP contribution in [0.5, 0.6) is 0 Å². The highest BCUT2D eigenvalue weighted by molar-refractivity contribution is 5.94. The number of likely N-dealkylation sites (N-methyl/N-ethyl adjacent to an activating group) is 1. The third kappa shape index (κ3) is 3.05. The highest BCUT2D eigenvalue weighted by atomic mass is 16.3. The zero-order valence-corrected chi connectivity index (χ0v) is 10.0. The number of para-hydroxylation sites is 1. The van der Waals surface area contributed by atoms with Gasteiger partial charge in [-0.1, -0.05) is 18.2 Å². The maximum atomic E-state index is 12.0. The second-order valence-electron chi connectivity index (χ2n) is 4.47. The van der Waals surface area contributed by atoms with Crippen LogP contribution in [0.25, 0.3) is 0 Å². The maximum Gasteiger partial charge on any atom is 0.240 e. The van der Waals surface area contributed by atoms with Crippen molar-refractivity contribution in [3.05, 3.63) is 30.3 Å².